The standard InChI is InChI=1S/C8H20NO3P/c1-6-9-13(10,11-7(2)3)12-8(4)5/h7-8H,6H2,1-5H3,(H,9,10). The average molecular weight is 209 g/mol. The van der Waals surface area contributed by atoms with Crippen LogP contribution in [0.1, 0.15) is 34.6 Å². The van der Waals surface area contributed by atoms with E-state index in [4.69, 9.17) is 9.05 Å². The van der Waals surface area contributed by atoms with Crippen LogP contribution in [0.25, 0.3) is 0 Å². The van der Waals surface area contributed by atoms with E-state index in [1.54, 1.807) is 0 Å². The van der Waals surface area contributed by atoms with Gasteiger partial charge in [0.2, 0.25) is 0 Å². The number of nitrogens with one attached hydrogen (secondary N) is 1. The van der Waals surface area contributed by atoms with Crippen molar-refractivity contribution in [2.75, 3.05) is 6.54 Å². The number of rotatable bonds is 6. The summed E-state index contributed by atoms with van der Waals surface area (Å²) in [5.74, 6) is 0. The van der Waals surface area contributed by atoms with E-state index in [2.05, 4.69) is 5.09 Å². The Hall–Kier alpha value is 0.110. The molecule has 0 aromatic carbocycles. The van der Waals surface area contributed by atoms with Gasteiger partial charge in [-0.2, -0.15) is 0 Å². The summed E-state index contributed by atoms with van der Waals surface area (Å²) >= 11 is 0. The number of hydrogen-bond donors (Lipinski definition) is 1. The molecule has 0 fully saturated rings. The average Bonchev–Trinajstić information content (AvgIpc) is 1.81. The van der Waals surface area contributed by atoms with Gasteiger partial charge in [0.15, 0.2) is 0 Å². The smallest absolute Gasteiger partial charge is 0.294 e. The lowest BCUT2D eigenvalue weighted by molar-refractivity contribution is 0.136. The zero-order valence-corrected chi connectivity index (χ0v) is 9.93. The highest BCUT2D eigenvalue weighted by molar-refractivity contribution is 7.51. The third-order valence-electron chi connectivity index (χ3n) is 1.05. The normalized spacial score (nSPS) is 12.8. The van der Waals surface area contributed by atoms with Crippen molar-refractivity contribution in [2.24, 2.45) is 0 Å². The molecule has 13 heavy (non-hydrogen) atoms. The molecule has 80 valence electrons. The molecule has 0 amide bonds. The molecule has 0 saturated carbocycles. The van der Waals surface area contributed by atoms with Gasteiger partial charge in [-0.3, -0.25) is 9.05 Å². The molecule has 0 bridgehead atoms. The minimum Gasteiger partial charge on any atom is -0.294 e. The highest BCUT2D eigenvalue weighted by Gasteiger charge is 2.26. The molecule has 0 aromatic rings. The van der Waals surface area contributed by atoms with E-state index < -0.39 is 7.75 Å². The highest BCUT2D eigenvalue weighted by Crippen LogP contribution is 2.45. The van der Waals surface area contributed by atoms with Gasteiger partial charge >= 0.3 is 7.75 Å². The highest BCUT2D eigenvalue weighted by atomic mass is 31.2. The summed E-state index contributed by atoms with van der Waals surface area (Å²) < 4.78 is 22.3. The molecule has 1 N–H and O–H groups in total. The van der Waals surface area contributed by atoms with Crippen molar-refractivity contribution in [3.63, 3.8) is 0 Å². The Bertz CT molecular complexity index is 168. The van der Waals surface area contributed by atoms with Crippen LogP contribution in [0.4, 0.5) is 0 Å². The van der Waals surface area contributed by atoms with Gasteiger partial charge in [0.1, 0.15) is 0 Å². The molecule has 0 aliphatic carbocycles. The van der Waals surface area contributed by atoms with Crippen LogP contribution < -0.4 is 5.09 Å². The second-order valence-electron chi connectivity index (χ2n) is 3.32. The summed E-state index contributed by atoms with van der Waals surface area (Å²) in [6.45, 7) is 9.74. The lowest BCUT2D eigenvalue weighted by Crippen LogP contribution is -2.19. The second kappa shape index (κ2) is 5.76. The molecule has 0 spiro atoms. The van der Waals surface area contributed by atoms with Crippen LogP contribution in [0.2, 0.25) is 0 Å². The third kappa shape index (κ3) is 6.22. The molecule has 4 nitrogen and oxygen atoms in total. The van der Waals surface area contributed by atoms with E-state index in [0.717, 1.165) is 0 Å². The lowest BCUT2D eigenvalue weighted by atomic mass is 10.5. The molecular weight excluding hydrogens is 189 g/mol. The van der Waals surface area contributed by atoms with Crippen molar-refractivity contribution in [3.8, 4) is 0 Å². The van der Waals surface area contributed by atoms with Gasteiger partial charge in [-0.15, -0.1) is 0 Å². The van der Waals surface area contributed by atoms with Crippen LogP contribution in [-0.2, 0) is 13.6 Å². The fourth-order valence-corrected chi connectivity index (χ4v) is 2.54. The topological polar surface area (TPSA) is 47.6 Å². The summed E-state index contributed by atoms with van der Waals surface area (Å²) in [4.78, 5) is 0. The first-order valence-electron chi connectivity index (χ1n) is 4.61. The molecule has 0 aromatic heterocycles. The molecule has 0 aliphatic rings. The van der Waals surface area contributed by atoms with Gasteiger partial charge in [-0.1, -0.05) is 6.92 Å². The summed E-state index contributed by atoms with van der Waals surface area (Å²) in [6.07, 6.45) is -0.215. The largest absolute Gasteiger partial charge is 0.405 e. The second-order valence-corrected chi connectivity index (χ2v) is 5.05. The fraction of sp³-hybridized carbons (Fsp3) is 1.00. The Kier molecular flexibility index (Phi) is 5.81. The van der Waals surface area contributed by atoms with Crippen LogP contribution in [0.5, 0.6) is 0 Å². The summed E-state index contributed by atoms with van der Waals surface area (Å²) in [5.41, 5.74) is 0. The minimum absolute atomic E-state index is 0.108. The maximum absolute atomic E-state index is 11.9. The van der Waals surface area contributed by atoms with E-state index in [1.807, 2.05) is 34.6 Å². The molecule has 0 rings (SSSR count). The molecular formula is C8H20NO3P. The summed E-state index contributed by atoms with van der Waals surface area (Å²) in [5, 5.41) is 2.73. The molecule has 0 saturated heterocycles. The summed E-state index contributed by atoms with van der Waals surface area (Å²) in [7, 11) is -3.08. The van der Waals surface area contributed by atoms with Crippen LogP contribution in [0.15, 0.2) is 0 Å². The first kappa shape index (κ1) is 13.1. The van der Waals surface area contributed by atoms with Gasteiger partial charge in [0.25, 0.3) is 0 Å². The molecule has 0 heterocycles. The zero-order valence-electron chi connectivity index (χ0n) is 9.03. The van der Waals surface area contributed by atoms with Gasteiger partial charge in [0, 0.05) is 6.54 Å². The minimum atomic E-state index is -3.08. The van der Waals surface area contributed by atoms with Crippen LogP contribution in [0.3, 0.4) is 0 Å². The number of hydrogen-bond acceptors (Lipinski definition) is 3. The van der Waals surface area contributed by atoms with E-state index in [0.29, 0.717) is 6.54 Å². The Balaban J connectivity index is 4.25. The van der Waals surface area contributed by atoms with Gasteiger partial charge in [-0.05, 0) is 27.7 Å². The van der Waals surface area contributed by atoms with Crippen molar-refractivity contribution in [2.45, 2.75) is 46.8 Å². The molecule has 0 aliphatic heterocycles. The lowest BCUT2D eigenvalue weighted by Gasteiger charge is -2.22. The van der Waals surface area contributed by atoms with Gasteiger partial charge in [-0.25, -0.2) is 9.65 Å². The van der Waals surface area contributed by atoms with E-state index in [-0.39, 0.29) is 12.2 Å². The van der Waals surface area contributed by atoms with Crippen molar-refractivity contribution in [1.82, 2.24) is 5.09 Å². The predicted molar refractivity (Wildman–Crippen MR) is 53.7 cm³/mol. The monoisotopic (exact) mass is 209 g/mol. The predicted octanol–water partition coefficient (Wildman–Crippen LogP) is 2.55. The van der Waals surface area contributed by atoms with Crippen LogP contribution in [0, 0.1) is 0 Å². The quantitative estimate of drug-likeness (QED) is 0.683. The van der Waals surface area contributed by atoms with Crippen molar-refractivity contribution in [3.05, 3.63) is 0 Å². The van der Waals surface area contributed by atoms with Gasteiger partial charge in [0.05, 0.1) is 12.2 Å². The van der Waals surface area contributed by atoms with Crippen LogP contribution in [-0.4, -0.2) is 18.8 Å². The SMILES string of the molecule is CCNP(=O)(OC(C)C)OC(C)C. The van der Waals surface area contributed by atoms with E-state index in [9.17, 15) is 4.57 Å². The first-order chi connectivity index (χ1) is 5.89. The Morgan fingerprint density at radius 1 is 1.15 bits per heavy atom. The Morgan fingerprint density at radius 3 is 1.77 bits per heavy atom. The Labute approximate surface area is 80.6 Å². The van der Waals surface area contributed by atoms with Crippen molar-refractivity contribution < 1.29 is 13.6 Å². The van der Waals surface area contributed by atoms with E-state index in [1.165, 1.54) is 0 Å². The Morgan fingerprint density at radius 2 is 1.54 bits per heavy atom. The van der Waals surface area contributed by atoms with Crippen molar-refractivity contribution >= 4 is 7.75 Å². The fourth-order valence-electron chi connectivity index (χ4n) is 0.848. The van der Waals surface area contributed by atoms with Crippen molar-refractivity contribution in [1.29, 1.82) is 0 Å². The summed E-state index contributed by atoms with van der Waals surface area (Å²) in [6, 6.07) is 0. The third-order valence-corrected chi connectivity index (χ3v) is 3.15. The molecule has 5 heteroatoms. The maximum atomic E-state index is 11.9. The van der Waals surface area contributed by atoms with Gasteiger partial charge < -0.3 is 0 Å². The molecule has 0 unspecified atom stereocenters. The van der Waals surface area contributed by atoms with E-state index >= 15 is 0 Å². The molecule has 0 atom stereocenters. The van der Waals surface area contributed by atoms with Crippen LogP contribution >= 0.6 is 7.75 Å². The maximum Gasteiger partial charge on any atom is 0.405 e. The molecule has 0 radical (unpaired) electrons. The zero-order chi connectivity index (χ0) is 10.5. The first-order valence-corrected chi connectivity index (χ1v) is 6.16.